The molecule has 6 heteroatoms. The van der Waals surface area contributed by atoms with Gasteiger partial charge in [0.1, 0.15) is 0 Å². The molecule has 118 valence electrons. The Morgan fingerprint density at radius 3 is 2.38 bits per heavy atom. The molecule has 0 unspecified atom stereocenters. The minimum absolute atomic E-state index is 0.0698. The monoisotopic (exact) mass is 364 g/mol. The standard InChI is InChI=1S/C15H20BrF3N2/c16-12-8-11(15(17,18)19)4-5-13(12)21-10-14(9-20)6-2-1-3-7-14/h4-5,8,21H,1-3,6-7,9-10,20H2. The van der Waals surface area contributed by atoms with Gasteiger partial charge >= 0.3 is 6.18 Å². The molecular weight excluding hydrogens is 345 g/mol. The average Bonchev–Trinajstić information content (AvgIpc) is 2.46. The normalized spacial score (nSPS) is 18.5. The van der Waals surface area contributed by atoms with Gasteiger partial charge in [0.15, 0.2) is 0 Å². The van der Waals surface area contributed by atoms with Crippen LogP contribution in [0.5, 0.6) is 0 Å². The van der Waals surface area contributed by atoms with E-state index in [-0.39, 0.29) is 5.41 Å². The predicted octanol–water partition coefficient (Wildman–Crippen LogP) is 4.79. The van der Waals surface area contributed by atoms with E-state index < -0.39 is 11.7 Å². The second-order valence-corrected chi connectivity index (χ2v) is 6.67. The number of hydrogen-bond acceptors (Lipinski definition) is 2. The Morgan fingerprint density at radius 2 is 1.86 bits per heavy atom. The third-order valence-electron chi connectivity index (χ3n) is 4.30. The van der Waals surface area contributed by atoms with E-state index in [4.69, 9.17) is 5.73 Å². The largest absolute Gasteiger partial charge is 0.416 e. The first-order valence-corrected chi connectivity index (χ1v) is 7.96. The van der Waals surface area contributed by atoms with Gasteiger partial charge in [-0.25, -0.2) is 0 Å². The maximum Gasteiger partial charge on any atom is 0.416 e. The summed E-state index contributed by atoms with van der Waals surface area (Å²) in [5.74, 6) is 0. The molecule has 0 aromatic heterocycles. The van der Waals surface area contributed by atoms with Gasteiger partial charge in [0.2, 0.25) is 0 Å². The van der Waals surface area contributed by atoms with Crippen molar-refractivity contribution in [2.24, 2.45) is 11.1 Å². The van der Waals surface area contributed by atoms with Crippen molar-refractivity contribution in [3.05, 3.63) is 28.2 Å². The molecule has 0 atom stereocenters. The molecule has 0 radical (unpaired) electrons. The van der Waals surface area contributed by atoms with Crippen molar-refractivity contribution in [1.29, 1.82) is 0 Å². The minimum atomic E-state index is -4.32. The summed E-state index contributed by atoms with van der Waals surface area (Å²) in [5.41, 5.74) is 6.03. The van der Waals surface area contributed by atoms with Gasteiger partial charge in [0.25, 0.3) is 0 Å². The summed E-state index contributed by atoms with van der Waals surface area (Å²) in [6.07, 6.45) is 1.43. The van der Waals surface area contributed by atoms with Crippen LogP contribution in [0.25, 0.3) is 0 Å². The molecule has 0 spiro atoms. The van der Waals surface area contributed by atoms with Crippen molar-refractivity contribution in [3.63, 3.8) is 0 Å². The summed E-state index contributed by atoms with van der Waals surface area (Å²) in [6.45, 7) is 1.31. The quantitative estimate of drug-likeness (QED) is 0.805. The Labute approximate surface area is 131 Å². The number of alkyl halides is 3. The highest BCUT2D eigenvalue weighted by molar-refractivity contribution is 9.10. The van der Waals surface area contributed by atoms with E-state index in [1.54, 1.807) is 0 Å². The predicted molar refractivity (Wildman–Crippen MR) is 82.2 cm³/mol. The van der Waals surface area contributed by atoms with E-state index in [9.17, 15) is 13.2 Å². The second-order valence-electron chi connectivity index (χ2n) is 5.81. The van der Waals surface area contributed by atoms with Gasteiger partial charge in [-0.15, -0.1) is 0 Å². The Kier molecular flexibility index (Phi) is 5.20. The molecule has 0 aliphatic heterocycles. The molecule has 2 rings (SSSR count). The van der Waals surface area contributed by atoms with Gasteiger partial charge in [-0.3, -0.25) is 0 Å². The van der Waals surface area contributed by atoms with Crippen LogP contribution in [0.4, 0.5) is 18.9 Å². The number of nitrogens with two attached hydrogens (primary N) is 1. The van der Waals surface area contributed by atoms with Crippen LogP contribution in [-0.4, -0.2) is 13.1 Å². The summed E-state index contributed by atoms with van der Waals surface area (Å²) in [4.78, 5) is 0. The maximum atomic E-state index is 12.6. The number of rotatable bonds is 4. The zero-order valence-corrected chi connectivity index (χ0v) is 13.4. The van der Waals surface area contributed by atoms with Gasteiger partial charge in [-0.1, -0.05) is 19.3 Å². The molecule has 1 saturated carbocycles. The summed E-state index contributed by atoms with van der Waals surface area (Å²) >= 11 is 3.21. The van der Waals surface area contributed by atoms with Crippen LogP contribution < -0.4 is 11.1 Å². The smallest absolute Gasteiger partial charge is 0.384 e. The van der Waals surface area contributed by atoms with E-state index in [0.29, 0.717) is 23.2 Å². The number of nitrogens with one attached hydrogen (secondary N) is 1. The summed E-state index contributed by atoms with van der Waals surface area (Å²) in [7, 11) is 0. The van der Waals surface area contributed by atoms with E-state index in [2.05, 4.69) is 21.2 Å². The van der Waals surface area contributed by atoms with Crippen LogP contribution in [0.3, 0.4) is 0 Å². The van der Waals surface area contributed by atoms with E-state index in [1.165, 1.54) is 25.3 Å². The molecule has 1 aliphatic rings. The van der Waals surface area contributed by atoms with Crippen molar-refractivity contribution in [2.75, 3.05) is 18.4 Å². The first-order valence-electron chi connectivity index (χ1n) is 7.17. The van der Waals surface area contributed by atoms with Crippen molar-refractivity contribution in [1.82, 2.24) is 0 Å². The Bertz CT molecular complexity index is 482. The highest BCUT2D eigenvalue weighted by Crippen LogP contribution is 2.37. The highest BCUT2D eigenvalue weighted by atomic mass is 79.9. The topological polar surface area (TPSA) is 38.0 Å². The van der Waals surface area contributed by atoms with Crippen LogP contribution in [0, 0.1) is 5.41 Å². The zero-order valence-electron chi connectivity index (χ0n) is 11.8. The van der Waals surface area contributed by atoms with Crippen molar-refractivity contribution in [2.45, 2.75) is 38.3 Å². The van der Waals surface area contributed by atoms with Gasteiger partial charge in [-0.05, 0) is 58.9 Å². The molecular formula is C15H20BrF3N2. The van der Waals surface area contributed by atoms with Crippen molar-refractivity contribution in [3.8, 4) is 0 Å². The first kappa shape index (κ1) is 16.6. The molecule has 1 aromatic carbocycles. The third-order valence-corrected chi connectivity index (χ3v) is 4.95. The summed E-state index contributed by atoms with van der Waals surface area (Å²) < 4.78 is 38.3. The van der Waals surface area contributed by atoms with Crippen molar-refractivity contribution < 1.29 is 13.2 Å². The SMILES string of the molecule is NCC1(CNc2ccc(C(F)(F)F)cc2Br)CCCCC1. The zero-order chi connectivity index (χ0) is 15.5. The Morgan fingerprint density at radius 1 is 1.19 bits per heavy atom. The number of anilines is 1. The number of hydrogen-bond donors (Lipinski definition) is 2. The fourth-order valence-electron chi connectivity index (χ4n) is 2.87. The molecule has 0 saturated heterocycles. The average molecular weight is 365 g/mol. The van der Waals surface area contributed by atoms with E-state index >= 15 is 0 Å². The van der Waals surface area contributed by atoms with Gasteiger partial charge in [0, 0.05) is 16.7 Å². The van der Waals surface area contributed by atoms with E-state index in [0.717, 1.165) is 25.0 Å². The second kappa shape index (κ2) is 6.57. The van der Waals surface area contributed by atoms with Crippen LogP contribution >= 0.6 is 15.9 Å². The maximum absolute atomic E-state index is 12.6. The molecule has 1 aromatic rings. The number of halogens is 4. The lowest BCUT2D eigenvalue weighted by molar-refractivity contribution is -0.137. The Hall–Kier alpha value is -0.750. The van der Waals surface area contributed by atoms with Crippen LogP contribution in [0.2, 0.25) is 0 Å². The third kappa shape index (κ3) is 4.13. The fraction of sp³-hybridized carbons (Fsp3) is 0.600. The molecule has 2 nitrogen and oxygen atoms in total. The lowest BCUT2D eigenvalue weighted by atomic mass is 9.74. The molecule has 3 N–H and O–H groups in total. The minimum Gasteiger partial charge on any atom is -0.384 e. The van der Waals surface area contributed by atoms with Crippen molar-refractivity contribution >= 4 is 21.6 Å². The molecule has 1 aliphatic carbocycles. The molecule has 21 heavy (non-hydrogen) atoms. The van der Waals surface area contributed by atoms with Crippen LogP contribution in [-0.2, 0) is 6.18 Å². The van der Waals surface area contributed by atoms with Gasteiger partial charge in [-0.2, -0.15) is 13.2 Å². The first-order chi connectivity index (χ1) is 9.86. The fourth-order valence-corrected chi connectivity index (χ4v) is 3.39. The van der Waals surface area contributed by atoms with E-state index in [1.807, 2.05) is 0 Å². The van der Waals surface area contributed by atoms with Gasteiger partial charge in [0.05, 0.1) is 5.56 Å². The lowest BCUT2D eigenvalue weighted by Gasteiger charge is -2.36. The van der Waals surface area contributed by atoms with Crippen LogP contribution in [0.15, 0.2) is 22.7 Å². The van der Waals surface area contributed by atoms with Crippen LogP contribution in [0.1, 0.15) is 37.7 Å². The molecule has 0 bridgehead atoms. The summed E-state index contributed by atoms with van der Waals surface area (Å²) in [5, 5.41) is 3.26. The highest BCUT2D eigenvalue weighted by Gasteiger charge is 2.32. The summed E-state index contributed by atoms with van der Waals surface area (Å²) in [6, 6.07) is 3.68. The van der Waals surface area contributed by atoms with Gasteiger partial charge < -0.3 is 11.1 Å². The lowest BCUT2D eigenvalue weighted by Crippen LogP contribution is -2.39. The Balaban J connectivity index is 2.06. The molecule has 1 fully saturated rings. The molecule has 0 amide bonds. The number of benzene rings is 1. The molecule has 0 heterocycles.